The Labute approximate surface area is 208 Å². The highest BCUT2D eigenvalue weighted by Gasteiger charge is 2.28. The third-order valence-corrected chi connectivity index (χ3v) is 7.21. The van der Waals surface area contributed by atoms with Gasteiger partial charge in [-0.25, -0.2) is 8.78 Å². The van der Waals surface area contributed by atoms with Crippen LogP contribution in [-0.4, -0.2) is 36.2 Å². The zero-order valence-electron chi connectivity index (χ0n) is 19.8. The molecule has 4 aromatic carbocycles. The van der Waals surface area contributed by atoms with E-state index >= 15 is 0 Å². The van der Waals surface area contributed by atoms with Crippen LogP contribution in [0.1, 0.15) is 35.6 Å². The second-order valence-corrected chi connectivity index (χ2v) is 9.50. The van der Waals surface area contributed by atoms with E-state index in [1.807, 2.05) is 42.5 Å². The van der Waals surface area contributed by atoms with E-state index in [0.29, 0.717) is 17.7 Å². The summed E-state index contributed by atoms with van der Waals surface area (Å²) in [5.74, 6) is -0.312. The van der Waals surface area contributed by atoms with Gasteiger partial charge in [0, 0.05) is 23.7 Å². The van der Waals surface area contributed by atoms with E-state index in [1.165, 1.54) is 18.9 Å². The molecule has 2 aliphatic heterocycles. The number of hydrogen-bond donors (Lipinski definition) is 1. The summed E-state index contributed by atoms with van der Waals surface area (Å²) in [5.41, 5.74) is 3.24. The van der Waals surface area contributed by atoms with Crippen LogP contribution in [0.3, 0.4) is 0 Å². The lowest BCUT2D eigenvalue weighted by Crippen LogP contribution is -2.25. The Kier molecular flexibility index (Phi) is 6.07. The fourth-order valence-electron chi connectivity index (χ4n) is 5.40. The van der Waals surface area contributed by atoms with Gasteiger partial charge in [-0.3, -0.25) is 4.90 Å². The van der Waals surface area contributed by atoms with Crippen LogP contribution in [0, 0.1) is 11.6 Å². The highest BCUT2D eigenvalue weighted by atomic mass is 19.1. The van der Waals surface area contributed by atoms with E-state index < -0.39 is 17.7 Å². The van der Waals surface area contributed by atoms with Gasteiger partial charge in [-0.1, -0.05) is 30.3 Å². The van der Waals surface area contributed by atoms with Crippen molar-refractivity contribution in [3.8, 4) is 22.6 Å². The van der Waals surface area contributed by atoms with Crippen molar-refractivity contribution in [3.05, 3.63) is 95.1 Å². The molecule has 1 saturated heterocycles. The lowest BCUT2D eigenvalue weighted by molar-refractivity contribution is 0.0683. The molecule has 4 nitrogen and oxygen atoms in total. The Morgan fingerprint density at radius 1 is 0.917 bits per heavy atom. The van der Waals surface area contributed by atoms with Gasteiger partial charge in [0.1, 0.15) is 35.8 Å². The molecule has 0 saturated carbocycles. The first kappa shape index (κ1) is 23.0. The summed E-state index contributed by atoms with van der Waals surface area (Å²) in [4.78, 5) is 2.41. The summed E-state index contributed by atoms with van der Waals surface area (Å²) in [6.45, 7) is 3.84. The van der Waals surface area contributed by atoms with Crippen molar-refractivity contribution in [2.45, 2.75) is 25.6 Å². The van der Waals surface area contributed by atoms with Gasteiger partial charge in [-0.15, -0.1) is 0 Å². The van der Waals surface area contributed by atoms with Crippen LogP contribution in [0.15, 0.2) is 66.7 Å². The van der Waals surface area contributed by atoms with Gasteiger partial charge in [0.25, 0.3) is 0 Å². The van der Waals surface area contributed by atoms with Gasteiger partial charge in [-0.2, -0.15) is 0 Å². The van der Waals surface area contributed by atoms with E-state index in [1.54, 1.807) is 12.1 Å². The molecule has 2 heterocycles. The van der Waals surface area contributed by atoms with E-state index in [0.717, 1.165) is 58.9 Å². The van der Waals surface area contributed by atoms with Crippen molar-refractivity contribution >= 4 is 10.8 Å². The zero-order chi connectivity index (χ0) is 24.6. The van der Waals surface area contributed by atoms with Crippen molar-refractivity contribution in [1.29, 1.82) is 0 Å². The molecule has 0 amide bonds. The number of nitrogens with zero attached hydrogens (tertiary/aromatic N) is 1. The average Bonchev–Trinajstić information content (AvgIpc) is 3.33. The number of aromatic hydroxyl groups is 1. The number of rotatable bonds is 5. The maximum Gasteiger partial charge on any atom is 0.132 e. The fourth-order valence-corrected chi connectivity index (χ4v) is 5.40. The van der Waals surface area contributed by atoms with Crippen LogP contribution < -0.4 is 4.74 Å². The molecular weight excluding hydrogens is 460 g/mol. The number of halogens is 2. The van der Waals surface area contributed by atoms with Gasteiger partial charge < -0.3 is 14.6 Å². The van der Waals surface area contributed by atoms with E-state index in [9.17, 15) is 13.9 Å². The first-order valence-electron chi connectivity index (χ1n) is 12.4. The van der Waals surface area contributed by atoms with Crippen molar-refractivity contribution < 1.29 is 23.4 Å². The molecule has 0 spiro atoms. The Hall–Kier alpha value is -3.48. The monoisotopic (exact) mass is 487 g/mol. The molecule has 36 heavy (non-hydrogen) atoms. The minimum atomic E-state index is -0.628. The summed E-state index contributed by atoms with van der Waals surface area (Å²) in [6.07, 6.45) is 2.00. The van der Waals surface area contributed by atoms with E-state index in [2.05, 4.69) is 4.90 Å². The molecule has 1 N–H and O–H groups in total. The second-order valence-electron chi connectivity index (χ2n) is 9.50. The van der Waals surface area contributed by atoms with Crippen LogP contribution in [0.5, 0.6) is 11.5 Å². The molecule has 6 heteroatoms. The zero-order valence-corrected chi connectivity index (χ0v) is 19.8. The topological polar surface area (TPSA) is 41.9 Å². The van der Waals surface area contributed by atoms with Gasteiger partial charge in [0.2, 0.25) is 0 Å². The number of likely N-dealkylation sites (tertiary alicyclic amines) is 1. The molecule has 2 aliphatic rings. The van der Waals surface area contributed by atoms with Crippen LogP contribution in [0.2, 0.25) is 0 Å². The van der Waals surface area contributed by atoms with Gasteiger partial charge in [0.15, 0.2) is 0 Å². The molecule has 0 bridgehead atoms. The summed E-state index contributed by atoms with van der Waals surface area (Å²) in [7, 11) is 0. The molecule has 0 aliphatic carbocycles. The fraction of sp³-hybridized carbons (Fsp3) is 0.267. The Morgan fingerprint density at radius 2 is 1.72 bits per heavy atom. The number of fused-ring (bicyclic) bond motifs is 5. The van der Waals surface area contributed by atoms with Crippen molar-refractivity contribution in [2.75, 3.05) is 26.2 Å². The highest BCUT2D eigenvalue weighted by Crippen LogP contribution is 2.45. The van der Waals surface area contributed by atoms with Crippen molar-refractivity contribution in [1.82, 2.24) is 4.90 Å². The molecule has 1 fully saturated rings. The summed E-state index contributed by atoms with van der Waals surface area (Å²) in [5, 5.41) is 11.7. The largest absolute Gasteiger partial charge is 0.508 e. The predicted octanol–water partition coefficient (Wildman–Crippen LogP) is 6.58. The second kappa shape index (κ2) is 9.52. The number of phenolic OH excluding ortho intramolecular Hbond substituents is 1. The van der Waals surface area contributed by atoms with Crippen LogP contribution in [-0.2, 0) is 11.3 Å². The number of ether oxygens (including phenoxy) is 2. The quantitative estimate of drug-likeness (QED) is 0.345. The lowest BCUT2D eigenvalue weighted by atomic mass is 9.87. The van der Waals surface area contributed by atoms with E-state index in [4.69, 9.17) is 9.47 Å². The number of hydrogen-bond acceptors (Lipinski definition) is 4. The molecule has 0 radical (unpaired) electrons. The summed E-state index contributed by atoms with van der Waals surface area (Å²) in [6, 6.07) is 18.9. The summed E-state index contributed by atoms with van der Waals surface area (Å²) < 4.78 is 41.4. The van der Waals surface area contributed by atoms with Gasteiger partial charge >= 0.3 is 0 Å². The standard InChI is InChI=1S/C30H27F2NO3/c31-21-16-26-25-9-5-20-15-22(34)6-10-24(20)29(25)30(36-18-27(26)28(32)17-21)19-3-7-23(8-4-19)35-14-13-33-11-1-2-12-33/h3-10,15-17,30,34H,1-2,11-14,18H2. The lowest BCUT2D eigenvalue weighted by Gasteiger charge is -2.21. The molecule has 4 aromatic rings. The normalized spacial score (nSPS) is 17.6. The Balaban J connectivity index is 1.38. The van der Waals surface area contributed by atoms with Crippen LogP contribution in [0.25, 0.3) is 21.9 Å². The maximum atomic E-state index is 14.8. The van der Waals surface area contributed by atoms with Crippen LogP contribution >= 0.6 is 0 Å². The average molecular weight is 488 g/mol. The minimum absolute atomic E-state index is 0.00839. The smallest absolute Gasteiger partial charge is 0.132 e. The number of phenols is 1. The van der Waals surface area contributed by atoms with Crippen molar-refractivity contribution in [2.24, 2.45) is 0 Å². The first-order chi connectivity index (χ1) is 17.6. The molecule has 184 valence electrons. The maximum absolute atomic E-state index is 14.8. The third kappa shape index (κ3) is 4.31. The van der Waals surface area contributed by atoms with E-state index in [-0.39, 0.29) is 12.4 Å². The van der Waals surface area contributed by atoms with Crippen molar-refractivity contribution in [3.63, 3.8) is 0 Å². The van der Waals surface area contributed by atoms with Gasteiger partial charge in [-0.05, 0) is 83.7 Å². The SMILES string of the molecule is Oc1ccc2c3c(ccc2c1)-c1cc(F)cc(F)c1COC3c1ccc(OCCN2CCCC2)cc1. The molecule has 1 unspecified atom stereocenters. The summed E-state index contributed by atoms with van der Waals surface area (Å²) >= 11 is 0. The number of benzene rings is 4. The predicted molar refractivity (Wildman–Crippen MR) is 135 cm³/mol. The Morgan fingerprint density at radius 3 is 2.53 bits per heavy atom. The molecule has 6 rings (SSSR count). The molecule has 0 aromatic heterocycles. The third-order valence-electron chi connectivity index (χ3n) is 7.21. The van der Waals surface area contributed by atoms with Gasteiger partial charge in [0.05, 0.1) is 6.61 Å². The van der Waals surface area contributed by atoms with Crippen LogP contribution in [0.4, 0.5) is 8.78 Å². The first-order valence-corrected chi connectivity index (χ1v) is 12.4. The Bertz CT molecular complexity index is 1410. The molecular formula is C30H27F2NO3. The molecule has 1 atom stereocenters. The highest BCUT2D eigenvalue weighted by molar-refractivity contribution is 5.94. The minimum Gasteiger partial charge on any atom is -0.508 e.